The number of unbranched alkanes of at least 4 members (excludes halogenated alkanes) is 1. The molecule has 0 radical (unpaired) electrons. The van der Waals surface area contributed by atoms with E-state index in [0.717, 1.165) is 35.9 Å². The maximum Gasteiger partial charge on any atom is 0.320 e. The van der Waals surface area contributed by atoms with Crippen molar-refractivity contribution in [1.82, 2.24) is 19.5 Å². The lowest BCUT2D eigenvalue weighted by molar-refractivity contribution is 0.286. The lowest BCUT2D eigenvalue weighted by Gasteiger charge is -2.10. The van der Waals surface area contributed by atoms with E-state index in [4.69, 9.17) is 19.9 Å². The zero-order valence-corrected chi connectivity index (χ0v) is 18.3. The third kappa shape index (κ3) is 5.29. The molecule has 0 bridgehead atoms. The summed E-state index contributed by atoms with van der Waals surface area (Å²) in [7, 11) is 1.57. The van der Waals surface area contributed by atoms with Crippen LogP contribution in [0.15, 0.2) is 24.3 Å². The topological polar surface area (TPSA) is 97.3 Å². The molecular formula is C20H26BrN5O3. The van der Waals surface area contributed by atoms with Gasteiger partial charge >= 0.3 is 6.01 Å². The number of alkyl halides is 1. The van der Waals surface area contributed by atoms with Crippen LogP contribution < -0.4 is 19.9 Å². The van der Waals surface area contributed by atoms with Gasteiger partial charge in [-0.1, -0.05) is 41.4 Å². The minimum absolute atomic E-state index is 0.253. The summed E-state index contributed by atoms with van der Waals surface area (Å²) in [5.41, 5.74) is 8.22. The molecule has 0 aliphatic carbocycles. The molecule has 156 valence electrons. The summed E-state index contributed by atoms with van der Waals surface area (Å²) < 4.78 is 18.6. The van der Waals surface area contributed by atoms with Crippen LogP contribution in [0.1, 0.15) is 31.7 Å². The maximum absolute atomic E-state index is 6.09. The highest BCUT2D eigenvalue weighted by molar-refractivity contribution is 9.09. The summed E-state index contributed by atoms with van der Waals surface area (Å²) in [6, 6.07) is 8.61. The van der Waals surface area contributed by atoms with Crippen molar-refractivity contribution in [3.05, 3.63) is 29.8 Å². The minimum atomic E-state index is 0.253. The minimum Gasteiger partial charge on any atom is -0.494 e. The Bertz CT molecular complexity index is 930. The van der Waals surface area contributed by atoms with Crippen LogP contribution in [0.5, 0.6) is 17.8 Å². The molecule has 0 saturated carbocycles. The van der Waals surface area contributed by atoms with Crippen molar-refractivity contribution in [2.75, 3.05) is 31.4 Å². The van der Waals surface area contributed by atoms with Crippen molar-refractivity contribution in [2.24, 2.45) is 0 Å². The van der Waals surface area contributed by atoms with Crippen LogP contribution in [0.2, 0.25) is 0 Å². The highest BCUT2D eigenvalue weighted by atomic mass is 79.9. The smallest absolute Gasteiger partial charge is 0.320 e. The van der Waals surface area contributed by atoms with E-state index in [0.29, 0.717) is 36.9 Å². The fourth-order valence-corrected chi connectivity index (χ4v) is 3.00. The van der Waals surface area contributed by atoms with Gasteiger partial charge in [0.15, 0.2) is 17.0 Å². The summed E-state index contributed by atoms with van der Waals surface area (Å²) in [6.45, 7) is 3.84. The number of aromatic nitrogens is 4. The molecule has 0 spiro atoms. The first-order valence-electron chi connectivity index (χ1n) is 9.64. The Hall–Kier alpha value is -2.55. The number of nitrogen functional groups attached to an aromatic ring is 1. The molecule has 8 nitrogen and oxygen atoms in total. The zero-order chi connectivity index (χ0) is 20.6. The quantitative estimate of drug-likeness (QED) is 0.341. The molecule has 29 heavy (non-hydrogen) atoms. The SMILES string of the molecule is CCCCOc1nc(N)c2nc(OC)n(Cc3ccc(OCCCBr)cc3)c2n1. The maximum atomic E-state index is 6.09. The number of nitrogens with zero attached hydrogens (tertiary/aromatic N) is 4. The second-order valence-electron chi connectivity index (χ2n) is 6.49. The number of anilines is 1. The van der Waals surface area contributed by atoms with Crippen LogP contribution in [0.3, 0.4) is 0 Å². The molecule has 0 amide bonds. The Kier molecular flexibility index (Phi) is 7.51. The van der Waals surface area contributed by atoms with E-state index in [2.05, 4.69) is 37.8 Å². The number of imidazole rings is 1. The molecule has 0 aliphatic heterocycles. The molecule has 0 unspecified atom stereocenters. The molecule has 2 heterocycles. The average molecular weight is 464 g/mol. The Labute approximate surface area is 178 Å². The van der Waals surface area contributed by atoms with E-state index < -0.39 is 0 Å². The van der Waals surface area contributed by atoms with Gasteiger partial charge in [-0.25, -0.2) is 0 Å². The summed E-state index contributed by atoms with van der Waals surface area (Å²) in [4.78, 5) is 13.2. The predicted octanol–water partition coefficient (Wildman–Crippen LogP) is 3.81. The second kappa shape index (κ2) is 10.3. The van der Waals surface area contributed by atoms with Crippen LogP contribution in [0.25, 0.3) is 11.2 Å². The first-order valence-corrected chi connectivity index (χ1v) is 10.8. The fraction of sp³-hybridized carbons (Fsp3) is 0.450. The van der Waals surface area contributed by atoms with E-state index in [1.807, 2.05) is 28.8 Å². The van der Waals surface area contributed by atoms with E-state index >= 15 is 0 Å². The van der Waals surface area contributed by atoms with Gasteiger partial charge < -0.3 is 19.9 Å². The molecule has 9 heteroatoms. The lowest BCUT2D eigenvalue weighted by atomic mass is 10.2. The molecule has 2 aromatic heterocycles. The zero-order valence-electron chi connectivity index (χ0n) is 16.7. The van der Waals surface area contributed by atoms with Crippen molar-refractivity contribution in [3.8, 4) is 17.8 Å². The Morgan fingerprint density at radius 3 is 2.48 bits per heavy atom. The van der Waals surface area contributed by atoms with Gasteiger partial charge in [-0.3, -0.25) is 4.57 Å². The van der Waals surface area contributed by atoms with Crippen LogP contribution in [-0.4, -0.2) is 45.2 Å². The van der Waals surface area contributed by atoms with Crippen molar-refractivity contribution in [2.45, 2.75) is 32.7 Å². The van der Waals surface area contributed by atoms with E-state index in [1.165, 1.54) is 0 Å². The molecule has 0 atom stereocenters. The summed E-state index contributed by atoms with van der Waals surface area (Å²) in [5.74, 6) is 1.12. The van der Waals surface area contributed by atoms with Crippen LogP contribution >= 0.6 is 15.9 Å². The number of nitrogens with two attached hydrogens (primary N) is 1. The van der Waals surface area contributed by atoms with Crippen LogP contribution in [-0.2, 0) is 6.54 Å². The predicted molar refractivity (Wildman–Crippen MR) is 116 cm³/mol. The van der Waals surface area contributed by atoms with Gasteiger partial charge in [-0.2, -0.15) is 15.0 Å². The van der Waals surface area contributed by atoms with Gasteiger partial charge in [0.1, 0.15) is 5.75 Å². The van der Waals surface area contributed by atoms with E-state index in [-0.39, 0.29) is 11.8 Å². The number of rotatable bonds is 11. The summed E-state index contributed by atoms with van der Waals surface area (Å²) in [6.07, 6.45) is 2.91. The lowest BCUT2D eigenvalue weighted by Crippen LogP contribution is -2.07. The van der Waals surface area contributed by atoms with Crippen LogP contribution in [0, 0.1) is 0 Å². The largest absolute Gasteiger partial charge is 0.494 e. The molecule has 0 aliphatic rings. The van der Waals surface area contributed by atoms with Crippen molar-refractivity contribution < 1.29 is 14.2 Å². The van der Waals surface area contributed by atoms with Gasteiger partial charge in [0.25, 0.3) is 6.01 Å². The highest BCUT2D eigenvalue weighted by Crippen LogP contribution is 2.26. The van der Waals surface area contributed by atoms with Crippen molar-refractivity contribution in [1.29, 1.82) is 0 Å². The van der Waals surface area contributed by atoms with Crippen molar-refractivity contribution in [3.63, 3.8) is 0 Å². The Balaban J connectivity index is 1.85. The number of hydrogen-bond acceptors (Lipinski definition) is 7. The molecule has 1 aromatic carbocycles. The standard InChI is InChI=1S/C20H26BrN5O3/c1-3-4-11-29-19-24-17(22)16-18(25-19)26(20(23-16)27-2)13-14-6-8-15(9-7-14)28-12-5-10-21/h6-9H,3-5,10-13H2,1-2H3,(H2,22,24,25). The first-order chi connectivity index (χ1) is 14.2. The van der Waals surface area contributed by atoms with Gasteiger partial charge in [-0.15, -0.1) is 0 Å². The molecular weight excluding hydrogens is 438 g/mol. The first kappa shape index (κ1) is 21.2. The van der Waals surface area contributed by atoms with E-state index in [1.54, 1.807) is 7.11 Å². The van der Waals surface area contributed by atoms with Crippen molar-refractivity contribution >= 4 is 32.9 Å². The molecule has 0 saturated heterocycles. The number of ether oxygens (including phenoxy) is 3. The summed E-state index contributed by atoms with van der Waals surface area (Å²) in [5, 5.41) is 0.924. The number of methoxy groups -OCH3 is 1. The van der Waals surface area contributed by atoms with Gasteiger partial charge in [0.2, 0.25) is 0 Å². The normalized spacial score (nSPS) is 11.0. The number of halogens is 1. The number of fused-ring (bicyclic) bond motifs is 1. The molecule has 0 fully saturated rings. The third-order valence-electron chi connectivity index (χ3n) is 4.29. The van der Waals surface area contributed by atoms with Crippen LogP contribution in [0.4, 0.5) is 5.82 Å². The van der Waals surface area contributed by atoms with Gasteiger partial charge in [0.05, 0.1) is 26.9 Å². The van der Waals surface area contributed by atoms with E-state index in [9.17, 15) is 0 Å². The fourth-order valence-electron chi connectivity index (χ4n) is 2.77. The van der Waals surface area contributed by atoms with Gasteiger partial charge in [-0.05, 0) is 30.5 Å². The summed E-state index contributed by atoms with van der Waals surface area (Å²) >= 11 is 3.40. The molecule has 3 aromatic rings. The Morgan fingerprint density at radius 1 is 1.03 bits per heavy atom. The van der Waals surface area contributed by atoms with Gasteiger partial charge in [0, 0.05) is 5.33 Å². The molecule has 3 rings (SSSR count). The number of hydrogen-bond donors (Lipinski definition) is 1. The Morgan fingerprint density at radius 2 is 1.79 bits per heavy atom. The second-order valence-corrected chi connectivity index (χ2v) is 7.28. The monoisotopic (exact) mass is 463 g/mol. The number of benzene rings is 1. The molecule has 2 N–H and O–H groups in total. The highest BCUT2D eigenvalue weighted by Gasteiger charge is 2.18. The average Bonchev–Trinajstić information content (AvgIpc) is 3.08. The third-order valence-corrected chi connectivity index (χ3v) is 4.85.